The first kappa shape index (κ1) is 27.4. The number of Topliss-reactive ketones (excluding diaryl/α,β-unsaturated/α-hetero) is 2. The maximum Gasteiger partial charge on any atom is 0.255 e. The number of nitrogens with zero attached hydrogens (tertiary/aromatic N) is 2. The molecule has 1 aliphatic carbocycles. The Balaban J connectivity index is 1.71. The molecule has 0 atom stereocenters. The fraction of sp³-hybridized carbons (Fsp3) is 0.407. The molecule has 1 aromatic carbocycles. The smallest absolute Gasteiger partial charge is 0.255 e. The Kier molecular flexibility index (Phi) is 7.96. The number of carbonyl (C=O) groups is 3. The lowest BCUT2D eigenvalue weighted by Crippen LogP contribution is -2.32. The van der Waals surface area contributed by atoms with Crippen LogP contribution in [0.15, 0.2) is 34.7 Å². The molecule has 0 spiro atoms. The van der Waals surface area contributed by atoms with Crippen molar-refractivity contribution >= 4 is 44.4 Å². The van der Waals surface area contributed by atoms with Gasteiger partial charge in [-0.05, 0) is 55.2 Å². The average Bonchev–Trinajstić information content (AvgIpc) is 3.41. The number of aryl methyl sites for hydroxylation is 1. The molecule has 9 nitrogen and oxygen atoms in total. The summed E-state index contributed by atoms with van der Waals surface area (Å²) in [5.74, 6) is -1.14. The third kappa shape index (κ3) is 5.47. The van der Waals surface area contributed by atoms with Crippen molar-refractivity contribution in [3.05, 3.63) is 47.3 Å². The summed E-state index contributed by atoms with van der Waals surface area (Å²) in [7, 11) is -2.26. The molecule has 1 fully saturated rings. The van der Waals surface area contributed by atoms with Crippen LogP contribution >= 0.6 is 0 Å². The van der Waals surface area contributed by atoms with E-state index in [2.05, 4.69) is 10.3 Å². The summed E-state index contributed by atoms with van der Waals surface area (Å²) in [5.41, 5.74) is 1.37. The van der Waals surface area contributed by atoms with Gasteiger partial charge in [-0.15, -0.1) is 0 Å². The number of furan rings is 1. The van der Waals surface area contributed by atoms with E-state index in [1.54, 1.807) is 6.07 Å². The Hall–Kier alpha value is -3.60. The van der Waals surface area contributed by atoms with E-state index in [-0.39, 0.29) is 53.8 Å². The first-order chi connectivity index (χ1) is 18.0. The van der Waals surface area contributed by atoms with Gasteiger partial charge in [0, 0.05) is 32.0 Å². The number of amides is 1. The van der Waals surface area contributed by atoms with Gasteiger partial charge in [0.25, 0.3) is 5.91 Å². The van der Waals surface area contributed by atoms with Crippen molar-refractivity contribution in [1.82, 2.24) is 10.3 Å². The lowest BCUT2D eigenvalue weighted by Gasteiger charge is -2.23. The highest BCUT2D eigenvalue weighted by Crippen LogP contribution is 2.36. The van der Waals surface area contributed by atoms with Gasteiger partial charge in [0.05, 0.1) is 23.1 Å². The Labute approximate surface area is 220 Å². The second kappa shape index (κ2) is 11.0. The van der Waals surface area contributed by atoms with Gasteiger partial charge in [-0.1, -0.05) is 13.3 Å². The summed E-state index contributed by atoms with van der Waals surface area (Å²) in [6.07, 6.45) is 3.42. The van der Waals surface area contributed by atoms with E-state index >= 15 is 0 Å². The van der Waals surface area contributed by atoms with E-state index in [0.717, 1.165) is 6.26 Å². The number of rotatable bonds is 10. The van der Waals surface area contributed by atoms with Crippen molar-refractivity contribution in [2.45, 2.75) is 45.4 Å². The van der Waals surface area contributed by atoms with Gasteiger partial charge in [-0.25, -0.2) is 12.8 Å². The van der Waals surface area contributed by atoms with Crippen molar-refractivity contribution in [2.75, 3.05) is 24.2 Å². The molecule has 3 aromatic rings. The first-order valence-corrected chi connectivity index (χ1v) is 14.4. The van der Waals surface area contributed by atoms with Gasteiger partial charge in [0.2, 0.25) is 15.7 Å². The topological polar surface area (TPSA) is 127 Å². The summed E-state index contributed by atoms with van der Waals surface area (Å²) in [4.78, 5) is 41.2. The minimum absolute atomic E-state index is 0.0444. The molecule has 0 radical (unpaired) electrons. The van der Waals surface area contributed by atoms with Crippen LogP contribution in [0.25, 0.3) is 22.4 Å². The number of fused-ring (bicyclic) bond motifs is 1. The van der Waals surface area contributed by atoms with E-state index in [1.165, 1.54) is 35.6 Å². The molecule has 1 aliphatic rings. The summed E-state index contributed by atoms with van der Waals surface area (Å²) in [6.45, 7) is 1.96. The Morgan fingerprint density at radius 3 is 2.39 bits per heavy atom. The highest BCUT2D eigenvalue weighted by molar-refractivity contribution is 7.92. The molecule has 38 heavy (non-hydrogen) atoms. The molecule has 0 saturated heterocycles. The molecule has 0 aliphatic heterocycles. The second-order valence-corrected chi connectivity index (χ2v) is 11.3. The van der Waals surface area contributed by atoms with E-state index in [9.17, 15) is 27.2 Å². The zero-order chi connectivity index (χ0) is 27.6. The minimum Gasteiger partial charge on any atom is -0.437 e. The van der Waals surface area contributed by atoms with Crippen LogP contribution in [0.5, 0.6) is 0 Å². The van der Waals surface area contributed by atoms with Gasteiger partial charge in [0.1, 0.15) is 29.0 Å². The number of benzene rings is 1. The zero-order valence-corrected chi connectivity index (χ0v) is 22.4. The Bertz CT molecular complexity index is 1480. The summed E-state index contributed by atoms with van der Waals surface area (Å²) in [6, 6.07) is 7.19. The van der Waals surface area contributed by atoms with Crippen molar-refractivity contribution in [1.29, 1.82) is 0 Å². The van der Waals surface area contributed by atoms with Crippen molar-refractivity contribution in [2.24, 2.45) is 5.92 Å². The van der Waals surface area contributed by atoms with Crippen LogP contribution in [-0.4, -0.2) is 50.7 Å². The van der Waals surface area contributed by atoms with Crippen LogP contribution in [0.1, 0.15) is 54.9 Å². The molecule has 1 saturated carbocycles. The SMILES string of the molecule is CCc1cc2c(C(=O)NC)c(-c3ccc(F)cc3)oc2nc1N(CCCCC1C(=O)CCC1=O)S(C)(=O)=O. The van der Waals surface area contributed by atoms with Gasteiger partial charge >= 0.3 is 0 Å². The molecule has 4 rings (SSSR count). The number of pyridine rings is 1. The molecule has 202 valence electrons. The fourth-order valence-electron chi connectivity index (χ4n) is 4.82. The van der Waals surface area contributed by atoms with Crippen LogP contribution in [0.3, 0.4) is 0 Å². The van der Waals surface area contributed by atoms with Gasteiger partial charge in [-0.2, -0.15) is 4.98 Å². The van der Waals surface area contributed by atoms with Gasteiger partial charge < -0.3 is 9.73 Å². The largest absolute Gasteiger partial charge is 0.437 e. The third-order valence-electron chi connectivity index (χ3n) is 6.82. The summed E-state index contributed by atoms with van der Waals surface area (Å²) >= 11 is 0. The van der Waals surface area contributed by atoms with Crippen LogP contribution in [-0.2, 0) is 26.0 Å². The number of hydrogen-bond donors (Lipinski definition) is 1. The molecule has 1 amide bonds. The highest BCUT2D eigenvalue weighted by atomic mass is 32.2. The van der Waals surface area contributed by atoms with Gasteiger partial charge in [0.15, 0.2) is 0 Å². The van der Waals surface area contributed by atoms with Crippen molar-refractivity contribution in [3.8, 4) is 11.3 Å². The molecule has 11 heteroatoms. The monoisotopic (exact) mass is 543 g/mol. The van der Waals surface area contributed by atoms with Crippen molar-refractivity contribution < 1.29 is 31.6 Å². The number of unbranched alkanes of at least 4 members (excludes halogenated alkanes) is 1. The van der Waals surface area contributed by atoms with Crippen LogP contribution in [0.2, 0.25) is 0 Å². The first-order valence-electron chi connectivity index (χ1n) is 12.5. The van der Waals surface area contributed by atoms with Crippen LogP contribution in [0.4, 0.5) is 10.2 Å². The molecule has 1 N–H and O–H groups in total. The number of ketones is 2. The van der Waals surface area contributed by atoms with E-state index in [1.807, 2.05) is 6.92 Å². The standard InChI is InChI=1S/C27H30FN3O6S/c1-4-16-15-20-23(26(34)29-2)24(17-8-10-18(28)11-9-17)37-27(20)30-25(16)31(38(3,35)36)14-6-5-7-19-21(32)12-13-22(19)33/h8-11,15,19H,4-7,12-14H2,1-3H3,(H,29,34). The third-order valence-corrected chi connectivity index (χ3v) is 7.97. The molecule has 2 heterocycles. The predicted octanol–water partition coefficient (Wildman–Crippen LogP) is 4.04. The van der Waals surface area contributed by atoms with Crippen LogP contribution in [0, 0.1) is 11.7 Å². The van der Waals surface area contributed by atoms with Gasteiger partial charge in [-0.3, -0.25) is 18.7 Å². The normalized spacial score (nSPS) is 14.4. The quantitative estimate of drug-likeness (QED) is 0.302. The number of hydrogen-bond acceptors (Lipinski definition) is 7. The zero-order valence-electron chi connectivity index (χ0n) is 21.5. The number of anilines is 1. The minimum atomic E-state index is -3.75. The number of halogens is 1. The number of carbonyl (C=O) groups excluding carboxylic acids is 3. The molecule has 2 aromatic heterocycles. The highest BCUT2D eigenvalue weighted by Gasteiger charge is 2.32. The average molecular weight is 544 g/mol. The molecule has 0 bridgehead atoms. The second-order valence-electron chi connectivity index (χ2n) is 9.39. The fourth-order valence-corrected chi connectivity index (χ4v) is 5.75. The molecular weight excluding hydrogens is 513 g/mol. The van der Waals surface area contributed by atoms with E-state index in [0.29, 0.717) is 42.2 Å². The predicted molar refractivity (Wildman–Crippen MR) is 141 cm³/mol. The Morgan fingerprint density at radius 2 is 1.82 bits per heavy atom. The maximum atomic E-state index is 13.5. The number of nitrogens with one attached hydrogen (secondary N) is 1. The number of aromatic nitrogens is 1. The van der Waals surface area contributed by atoms with E-state index < -0.39 is 27.7 Å². The molecular formula is C27H30FN3O6S. The Morgan fingerprint density at radius 1 is 1.16 bits per heavy atom. The lowest BCUT2D eigenvalue weighted by molar-refractivity contribution is -0.127. The van der Waals surface area contributed by atoms with Crippen LogP contribution < -0.4 is 9.62 Å². The maximum absolute atomic E-state index is 13.5. The lowest BCUT2D eigenvalue weighted by atomic mass is 9.99. The molecule has 0 unspecified atom stereocenters. The number of sulfonamides is 1. The summed E-state index contributed by atoms with van der Waals surface area (Å²) in [5, 5.41) is 3.00. The van der Waals surface area contributed by atoms with E-state index in [4.69, 9.17) is 4.42 Å². The summed E-state index contributed by atoms with van der Waals surface area (Å²) < 4.78 is 46.3. The van der Waals surface area contributed by atoms with Crippen molar-refractivity contribution in [3.63, 3.8) is 0 Å².